The summed E-state index contributed by atoms with van der Waals surface area (Å²) in [5.41, 5.74) is -0.0636. The van der Waals surface area contributed by atoms with Gasteiger partial charge in [-0.25, -0.2) is 13.6 Å². The maximum Gasteiger partial charge on any atom is 0.342 e. The number of methoxy groups -OCH3 is 1. The van der Waals surface area contributed by atoms with Gasteiger partial charge in [0.25, 0.3) is 5.91 Å². The van der Waals surface area contributed by atoms with Gasteiger partial charge >= 0.3 is 5.97 Å². The first-order valence-electron chi connectivity index (χ1n) is 7.60. The van der Waals surface area contributed by atoms with Crippen LogP contribution in [0.2, 0.25) is 0 Å². The maximum atomic E-state index is 13.7. The second kappa shape index (κ2) is 8.28. The molecule has 0 heterocycles. The molecule has 0 aliphatic heterocycles. The van der Waals surface area contributed by atoms with Crippen molar-refractivity contribution in [3.63, 3.8) is 0 Å². The molecule has 26 heavy (non-hydrogen) atoms. The molecule has 0 radical (unpaired) electrons. The molecule has 1 amide bonds. The predicted molar refractivity (Wildman–Crippen MR) is 87.9 cm³/mol. The average molecular weight is 365 g/mol. The number of benzene rings is 2. The minimum atomic E-state index is -0.919. The number of rotatable bonds is 6. The monoisotopic (exact) mass is 365 g/mol. The largest absolute Gasteiger partial charge is 0.507 e. The fraction of sp³-hybridized carbons (Fsp3) is 0.222. The smallest absolute Gasteiger partial charge is 0.342 e. The number of ether oxygens (including phenoxy) is 2. The first-order valence-corrected chi connectivity index (χ1v) is 7.60. The van der Waals surface area contributed by atoms with E-state index in [9.17, 15) is 23.5 Å². The number of hydrogen-bond donors (Lipinski definition) is 2. The number of halogens is 2. The van der Waals surface area contributed by atoms with Crippen molar-refractivity contribution in [3.05, 3.63) is 59.2 Å². The molecule has 2 rings (SSSR count). The van der Waals surface area contributed by atoms with Gasteiger partial charge in [0.1, 0.15) is 28.7 Å². The molecule has 0 spiro atoms. The van der Waals surface area contributed by atoms with E-state index in [0.29, 0.717) is 11.8 Å². The van der Waals surface area contributed by atoms with Crippen molar-refractivity contribution in [2.24, 2.45) is 0 Å². The Kier molecular flexibility index (Phi) is 6.11. The van der Waals surface area contributed by atoms with Gasteiger partial charge < -0.3 is 19.9 Å². The lowest BCUT2D eigenvalue weighted by Gasteiger charge is -2.15. The molecule has 8 heteroatoms. The first kappa shape index (κ1) is 19.2. The minimum Gasteiger partial charge on any atom is -0.507 e. The van der Waals surface area contributed by atoms with Crippen LogP contribution < -0.4 is 10.1 Å². The number of nitrogens with one attached hydrogen (secondary N) is 1. The van der Waals surface area contributed by atoms with Crippen LogP contribution >= 0.6 is 0 Å². The van der Waals surface area contributed by atoms with Crippen molar-refractivity contribution < 1.29 is 33.0 Å². The van der Waals surface area contributed by atoms with E-state index in [0.717, 1.165) is 6.07 Å². The number of amides is 1. The van der Waals surface area contributed by atoms with Gasteiger partial charge in [-0.1, -0.05) is 6.07 Å². The van der Waals surface area contributed by atoms with Crippen molar-refractivity contribution in [2.75, 3.05) is 13.7 Å². The standard InChI is InChI=1S/C18H17F2NO5/c1-10(13-5-3-11(19)7-15(13)20)21-17(23)9-26-18(24)14-8-12(25-2)4-6-16(14)22/h3-8,10,22H,9H2,1-2H3,(H,21,23). The SMILES string of the molecule is COc1ccc(O)c(C(=O)OCC(=O)NC(C)c2ccc(F)cc2F)c1. The van der Waals surface area contributed by atoms with Crippen LogP contribution in [-0.4, -0.2) is 30.7 Å². The zero-order valence-corrected chi connectivity index (χ0v) is 14.1. The highest BCUT2D eigenvalue weighted by atomic mass is 19.1. The Morgan fingerprint density at radius 3 is 2.58 bits per heavy atom. The Bertz CT molecular complexity index is 825. The van der Waals surface area contributed by atoms with Gasteiger partial charge in [-0.3, -0.25) is 4.79 Å². The summed E-state index contributed by atoms with van der Waals surface area (Å²) in [5, 5.41) is 12.1. The van der Waals surface area contributed by atoms with E-state index in [1.165, 1.54) is 38.3 Å². The number of carbonyl (C=O) groups excluding carboxylic acids is 2. The topological polar surface area (TPSA) is 84.9 Å². The van der Waals surface area contributed by atoms with Crippen molar-refractivity contribution in [3.8, 4) is 11.5 Å². The molecule has 0 fully saturated rings. The van der Waals surface area contributed by atoms with Gasteiger partial charge in [0.15, 0.2) is 6.61 Å². The summed E-state index contributed by atoms with van der Waals surface area (Å²) in [7, 11) is 1.39. The molecule has 0 bridgehead atoms. The molecule has 6 nitrogen and oxygen atoms in total. The van der Waals surface area contributed by atoms with E-state index in [-0.39, 0.29) is 16.9 Å². The van der Waals surface area contributed by atoms with Crippen LogP contribution in [0, 0.1) is 11.6 Å². The number of esters is 1. The highest BCUT2D eigenvalue weighted by Crippen LogP contribution is 2.23. The molecule has 2 aromatic carbocycles. The van der Waals surface area contributed by atoms with Gasteiger partial charge in [0, 0.05) is 11.6 Å². The average Bonchev–Trinajstić information content (AvgIpc) is 2.60. The van der Waals surface area contributed by atoms with Crippen molar-refractivity contribution in [1.29, 1.82) is 0 Å². The highest BCUT2D eigenvalue weighted by molar-refractivity contribution is 5.94. The Balaban J connectivity index is 1.95. The molecule has 2 aromatic rings. The zero-order chi connectivity index (χ0) is 19.3. The number of phenolic OH excluding ortho intramolecular Hbond substituents is 1. The predicted octanol–water partition coefficient (Wildman–Crippen LogP) is 2.71. The molecular formula is C18H17F2NO5. The minimum absolute atomic E-state index is 0.0940. The fourth-order valence-electron chi connectivity index (χ4n) is 2.23. The summed E-state index contributed by atoms with van der Waals surface area (Å²) < 4.78 is 36.4. The number of hydrogen-bond acceptors (Lipinski definition) is 5. The third-order valence-corrected chi connectivity index (χ3v) is 3.56. The highest BCUT2D eigenvalue weighted by Gasteiger charge is 2.18. The Hall–Kier alpha value is -3.16. The molecule has 0 saturated heterocycles. The van der Waals surface area contributed by atoms with E-state index in [1.807, 2.05) is 0 Å². The first-order chi connectivity index (χ1) is 12.3. The lowest BCUT2D eigenvalue weighted by molar-refractivity contribution is -0.124. The zero-order valence-electron chi connectivity index (χ0n) is 14.1. The van der Waals surface area contributed by atoms with Crippen molar-refractivity contribution in [2.45, 2.75) is 13.0 Å². The van der Waals surface area contributed by atoms with Gasteiger partial charge in [-0.05, 0) is 31.2 Å². The van der Waals surface area contributed by atoms with E-state index in [2.05, 4.69) is 5.32 Å². The summed E-state index contributed by atoms with van der Waals surface area (Å²) in [6, 6.07) is 6.23. The van der Waals surface area contributed by atoms with Crippen LogP contribution in [0.25, 0.3) is 0 Å². The lowest BCUT2D eigenvalue weighted by Crippen LogP contribution is -2.31. The van der Waals surface area contributed by atoms with Crippen LogP contribution in [0.1, 0.15) is 28.9 Å². The van der Waals surface area contributed by atoms with Crippen LogP contribution in [-0.2, 0) is 9.53 Å². The van der Waals surface area contributed by atoms with Gasteiger partial charge in [0.05, 0.1) is 13.2 Å². The second-order valence-electron chi connectivity index (χ2n) is 5.41. The third-order valence-electron chi connectivity index (χ3n) is 3.56. The molecule has 0 aliphatic rings. The van der Waals surface area contributed by atoms with Crippen LogP contribution in [0.5, 0.6) is 11.5 Å². The van der Waals surface area contributed by atoms with Gasteiger partial charge in [-0.15, -0.1) is 0 Å². The summed E-state index contributed by atoms with van der Waals surface area (Å²) in [4.78, 5) is 23.8. The van der Waals surface area contributed by atoms with E-state index in [1.54, 1.807) is 0 Å². The molecular weight excluding hydrogens is 348 g/mol. The quantitative estimate of drug-likeness (QED) is 0.769. The number of aromatic hydroxyl groups is 1. The third kappa shape index (κ3) is 4.69. The number of carbonyl (C=O) groups is 2. The molecule has 1 unspecified atom stereocenters. The molecule has 138 valence electrons. The van der Waals surface area contributed by atoms with Crippen molar-refractivity contribution >= 4 is 11.9 Å². The van der Waals surface area contributed by atoms with Crippen LogP contribution in [0.4, 0.5) is 8.78 Å². The van der Waals surface area contributed by atoms with Crippen molar-refractivity contribution in [1.82, 2.24) is 5.32 Å². The lowest BCUT2D eigenvalue weighted by atomic mass is 10.1. The molecule has 1 atom stereocenters. The molecule has 0 aliphatic carbocycles. The number of phenols is 1. The maximum absolute atomic E-state index is 13.7. The Labute approximate surface area is 148 Å². The molecule has 2 N–H and O–H groups in total. The van der Waals surface area contributed by atoms with E-state index in [4.69, 9.17) is 9.47 Å². The summed E-state index contributed by atoms with van der Waals surface area (Å²) in [6.45, 7) is 0.868. The Morgan fingerprint density at radius 1 is 1.19 bits per heavy atom. The second-order valence-corrected chi connectivity index (χ2v) is 5.41. The fourth-order valence-corrected chi connectivity index (χ4v) is 2.23. The Morgan fingerprint density at radius 2 is 1.92 bits per heavy atom. The molecule has 0 aromatic heterocycles. The summed E-state index contributed by atoms with van der Waals surface area (Å²) in [5.74, 6) is -3.11. The van der Waals surface area contributed by atoms with E-state index >= 15 is 0 Å². The summed E-state index contributed by atoms with van der Waals surface area (Å²) in [6.07, 6.45) is 0. The van der Waals surface area contributed by atoms with E-state index < -0.39 is 36.2 Å². The van der Waals surface area contributed by atoms with Gasteiger partial charge in [-0.2, -0.15) is 0 Å². The molecule has 0 saturated carbocycles. The normalized spacial score (nSPS) is 11.5. The van der Waals surface area contributed by atoms with Crippen LogP contribution in [0.15, 0.2) is 36.4 Å². The van der Waals surface area contributed by atoms with Crippen LogP contribution in [0.3, 0.4) is 0 Å². The summed E-state index contributed by atoms with van der Waals surface area (Å²) >= 11 is 0. The van der Waals surface area contributed by atoms with Gasteiger partial charge in [0.2, 0.25) is 0 Å².